The first-order chi connectivity index (χ1) is 13.0. The molecule has 2 aliphatic carbocycles. The van der Waals surface area contributed by atoms with Gasteiger partial charge in [0.2, 0.25) is 0 Å². The van der Waals surface area contributed by atoms with Crippen LogP contribution in [0.1, 0.15) is 84.5 Å². The van der Waals surface area contributed by atoms with Crippen LogP contribution in [-0.4, -0.2) is 22.3 Å². The Morgan fingerprint density at radius 1 is 1.33 bits per heavy atom. The van der Waals surface area contributed by atoms with Crippen LogP contribution in [0.25, 0.3) is 0 Å². The minimum absolute atomic E-state index is 0.166. The Labute approximate surface area is 165 Å². The zero-order valence-electron chi connectivity index (χ0n) is 17.1. The van der Waals surface area contributed by atoms with Crippen molar-refractivity contribution in [3.8, 4) is 6.07 Å². The minimum Gasteiger partial charge on any atom is -0.481 e. The number of allylic oxidation sites excluding steroid dienone is 3. The van der Waals surface area contributed by atoms with Gasteiger partial charge in [0.15, 0.2) is 0 Å². The second-order valence-electron chi connectivity index (χ2n) is 8.00. The summed E-state index contributed by atoms with van der Waals surface area (Å²) in [6.45, 7) is 4.13. The van der Waals surface area contributed by atoms with Crippen molar-refractivity contribution >= 4 is 5.97 Å². The topological polar surface area (TPSA) is 81.3 Å². The molecule has 2 unspecified atom stereocenters. The number of aliphatic hydroxyl groups excluding tert-OH is 1. The van der Waals surface area contributed by atoms with Crippen LogP contribution in [0, 0.1) is 28.6 Å². The largest absolute Gasteiger partial charge is 0.481 e. The van der Waals surface area contributed by atoms with Crippen LogP contribution in [0.15, 0.2) is 24.3 Å². The maximum Gasteiger partial charge on any atom is 0.303 e. The standard InChI is InChI=1S/C16H25NO.C7H12O2/c1-2-16(9-4-10-16)15(18)6-3-5-13-7-8-14(11-13)12-17;1-2-3-4-5-6-7(8)9/h3,5,13-15,18H,2,4,6-11H2,1H3;2-3H,4-6H2,1H3,(H,8,9)/b5-3+;3-2-/t13-,14?,15?;/m0./s1. The first-order valence-electron chi connectivity index (χ1n) is 10.5. The molecule has 0 amide bonds. The van der Waals surface area contributed by atoms with Crippen molar-refractivity contribution in [1.82, 2.24) is 0 Å². The molecule has 152 valence electrons. The normalized spacial score (nSPS) is 24.8. The maximum absolute atomic E-state index is 10.3. The van der Waals surface area contributed by atoms with Gasteiger partial charge in [-0.25, -0.2) is 0 Å². The van der Waals surface area contributed by atoms with Gasteiger partial charge in [-0.15, -0.1) is 0 Å². The van der Waals surface area contributed by atoms with Gasteiger partial charge in [0.25, 0.3) is 0 Å². The smallest absolute Gasteiger partial charge is 0.303 e. The van der Waals surface area contributed by atoms with Crippen molar-refractivity contribution in [2.24, 2.45) is 17.3 Å². The summed E-state index contributed by atoms with van der Waals surface area (Å²) in [7, 11) is 0. The van der Waals surface area contributed by atoms with Crippen molar-refractivity contribution in [3.05, 3.63) is 24.3 Å². The molecule has 0 aromatic carbocycles. The van der Waals surface area contributed by atoms with Crippen LogP contribution in [0.3, 0.4) is 0 Å². The average molecular weight is 376 g/mol. The number of unbranched alkanes of at least 4 members (excludes halogenated alkanes) is 1. The molecule has 2 fully saturated rings. The second kappa shape index (κ2) is 12.7. The molecule has 0 saturated heterocycles. The van der Waals surface area contributed by atoms with Crippen LogP contribution < -0.4 is 0 Å². The Morgan fingerprint density at radius 3 is 2.56 bits per heavy atom. The predicted molar refractivity (Wildman–Crippen MR) is 109 cm³/mol. The lowest BCUT2D eigenvalue weighted by Crippen LogP contribution is -2.40. The van der Waals surface area contributed by atoms with Gasteiger partial charge in [0.05, 0.1) is 12.2 Å². The van der Waals surface area contributed by atoms with Gasteiger partial charge >= 0.3 is 5.97 Å². The highest BCUT2D eigenvalue weighted by molar-refractivity contribution is 5.66. The molecule has 0 aromatic rings. The highest BCUT2D eigenvalue weighted by Gasteiger charge is 2.40. The number of rotatable bonds is 9. The van der Waals surface area contributed by atoms with Gasteiger partial charge in [-0.05, 0) is 76.0 Å². The molecular weight excluding hydrogens is 338 g/mol. The van der Waals surface area contributed by atoms with Crippen molar-refractivity contribution in [2.45, 2.75) is 90.6 Å². The molecule has 3 atom stereocenters. The number of carboxylic acids is 1. The van der Waals surface area contributed by atoms with Gasteiger partial charge < -0.3 is 10.2 Å². The Hall–Kier alpha value is -1.60. The molecule has 0 aliphatic heterocycles. The van der Waals surface area contributed by atoms with E-state index in [4.69, 9.17) is 10.4 Å². The summed E-state index contributed by atoms with van der Waals surface area (Å²) >= 11 is 0. The fourth-order valence-electron chi connectivity index (χ4n) is 4.05. The summed E-state index contributed by atoms with van der Waals surface area (Å²) in [5.41, 5.74) is 0.217. The van der Waals surface area contributed by atoms with E-state index in [2.05, 4.69) is 25.1 Å². The third-order valence-corrected chi connectivity index (χ3v) is 6.18. The Balaban J connectivity index is 0.000000345. The molecule has 2 aliphatic rings. The van der Waals surface area contributed by atoms with Crippen LogP contribution >= 0.6 is 0 Å². The summed E-state index contributed by atoms with van der Waals surface area (Å²) in [5.74, 6) is 0.124. The molecule has 0 bridgehead atoms. The van der Waals surface area contributed by atoms with Crippen molar-refractivity contribution < 1.29 is 15.0 Å². The minimum atomic E-state index is -0.709. The zero-order valence-corrected chi connectivity index (χ0v) is 17.1. The SMILES string of the molecule is C/C=C\CCCC(=O)O.CCC1(C(O)C/C=C/[C@H]2CCC(C#N)C2)CCC1. The fourth-order valence-corrected chi connectivity index (χ4v) is 4.05. The van der Waals surface area contributed by atoms with E-state index >= 15 is 0 Å². The molecule has 4 heteroatoms. The van der Waals surface area contributed by atoms with Gasteiger partial charge in [-0.1, -0.05) is 37.6 Å². The monoisotopic (exact) mass is 375 g/mol. The third-order valence-electron chi connectivity index (χ3n) is 6.18. The highest BCUT2D eigenvalue weighted by atomic mass is 16.4. The molecule has 27 heavy (non-hydrogen) atoms. The van der Waals surface area contributed by atoms with E-state index in [0.29, 0.717) is 5.92 Å². The molecule has 2 saturated carbocycles. The lowest BCUT2D eigenvalue weighted by Gasteiger charge is -2.45. The van der Waals surface area contributed by atoms with E-state index in [9.17, 15) is 9.90 Å². The number of hydrogen-bond donors (Lipinski definition) is 2. The molecule has 2 rings (SSSR count). The van der Waals surface area contributed by atoms with Crippen molar-refractivity contribution in [1.29, 1.82) is 5.26 Å². The number of aliphatic carboxylic acids is 1. The van der Waals surface area contributed by atoms with Gasteiger partial charge in [-0.2, -0.15) is 5.26 Å². The fraction of sp³-hybridized carbons (Fsp3) is 0.739. The van der Waals surface area contributed by atoms with E-state index in [1.54, 1.807) is 0 Å². The van der Waals surface area contributed by atoms with E-state index in [0.717, 1.165) is 44.9 Å². The Kier molecular flexibility index (Phi) is 11.0. The first kappa shape index (κ1) is 23.4. The molecule has 0 aromatic heterocycles. The summed E-state index contributed by atoms with van der Waals surface area (Å²) in [6.07, 6.45) is 18.8. The zero-order chi connectivity index (χ0) is 20.1. The molecular formula is C23H37NO3. The number of nitrogens with zero attached hydrogens (tertiary/aromatic N) is 1. The molecule has 0 spiro atoms. The van der Waals surface area contributed by atoms with Crippen molar-refractivity contribution in [2.75, 3.05) is 0 Å². The number of carboxylic acid groups (broad SMARTS) is 1. The summed E-state index contributed by atoms with van der Waals surface area (Å²) < 4.78 is 0. The highest BCUT2D eigenvalue weighted by Crippen LogP contribution is 2.47. The number of nitriles is 1. The number of aliphatic hydroxyl groups is 1. The number of carbonyl (C=O) groups is 1. The van der Waals surface area contributed by atoms with E-state index < -0.39 is 5.97 Å². The maximum atomic E-state index is 10.3. The Bertz CT molecular complexity index is 523. The lowest BCUT2D eigenvalue weighted by molar-refractivity contribution is -0.137. The molecule has 4 nitrogen and oxygen atoms in total. The van der Waals surface area contributed by atoms with Crippen LogP contribution in [0.4, 0.5) is 0 Å². The van der Waals surface area contributed by atoms with Gasteiger partial charge in [0.1, 0.15) is 0 Å². The van der Waals surface area contributed by atoms with Crippen LogP contribution in [-0.2, 0) is 4.79 Å². The van der Waals surface area contributed by atoms with E-state index in [1.165, 1.54) is 19.3 Å². The molecule has 0 heterocycles. The summed E-state index contributed by atoms with van der Waals surface area (Å²) in [4.78, 5) is 9.94. The van der Waals surface area contributed by atoms with Gasteiger partial charge in [-0.3, -0.25) is 4.79 Å². The molecule has 0 radical (unpaired) electrons. The van der Waals surface area contributed by atoms with Gasteiger partial charge in [0, 0.05) is 12.3 Å². The van der Waals surface area contributed by atoms with E-state index in [-0.39, 0.29) is 23.9 Å². The quantitative estimate of drug-likeness (QED) is 0.404. The average Bonchev–Trinajstić information content (AvgIpc) is 3.07. The lowest BCUT2D eigenvalue weighted by atomic mass is 9.63. The third kappa shape index (κ3) is 8.30. The van der Waals surface area contributed by atoms with E-state index in [1.807, 2.05) is 19.1 Å². The summed E-state index contributed by atoms with van der Waals surface area (Å²) in [6, 6.07) is 2.36. The van der Waals surface area contributed by atoms with Crippen molar-refractivity contribution in [3.63, 3.8) is 0 Å². The molecule has 2 N–H and O–H groups in total. The second-order valence-corrected chi connectivity index (χ2v) is 8.00. The van der Waals surface area contributed by atoms with Crippen LogP contribution in [0.2, 0.25) is 0 Å². The predicted octanol–water partition coefficient (Wildman–Crippen LogP) is 5.63. The first-order valence-corrected chi connectivity index (χ1v) is 10.5. The van der Waals surface area contributed by atoms with Crippen LogP contribution in [0.5, 0.6) is 0 Å². The Morgan fingerprint density at radius 2 is 2.07 bits per heavy atom. The summed E-state index contributed by atoms with van der Waals surface area (Å²) in [5, 5.41) is 27.3. The number of hydrogen-bond acceptors (Lipinski definition) is 3.